The van der Waals surface area contributed by atoms with Gasteiger partial charge in [-0.25, -0.2) is 0 Å². The van der Waals surface area contributed by atoms with Gasteiger partial charge in [-0.1, -0.05) is 0 Å². The minimum atomic E-state index is -0.447. The summed E-state index contributed by atoms with van der Waals surface area (Å²) >= 11 is 3.97. The van der Waals surface area contributed by atoms with E-state index in [2.05, 4.69) is 15.7 Å². The number of hydrogen-bond acceptors (Lipinski definition) is 5. The molecule has 0 fully saturated rings. The van der Waals surface area contributed by atoms with Crippen LogP contribution in [0.4, 0.5) is 0 Å². The number of aliphatic hydroxyl groups excluding tert-OH is 2. The molecule has 0 saturated carbocycles. The molecule has 14 heavy (non-hydrogen) atoms. The van der Waals surface area contributed by atoms with Crippen LogP contribution >= 0.6 is 0 Å². The van der Waals surface area contributed by atoms with Crippen molar-refractivity contribution in [3.05, 3.63) is 0 Å². The van der Waals surface area contributed by atoms with Crippen molar-refractivity contribution in [3.63, 3.8) is 0 Å². The van der Waals surface area contributed by atoms with Crippen molar-refractivity contribution < 1.29 is 40.2 Å². The molecule has 1 unspecified atom stereocenters. The maximum absolute atomic E-state index is 8.55. The van der Waals surface area contributed by atoms with Gasteiger partial charge >= 0.3 is 91.4 Å². The summed E-state index contributed by atoms with van der Waals surface area (Å²) < 4.78 is 15.1. The van der Waals surface area contributed by atoms with Gasteiger partial charge in [0.15, 0.2) is 0 Å². The molecule has 0 aromatic rings. The van der Waals surface area contributed by atoms with Gasteiger partial charge in [-0.05, 0) is 0 Å². The molecular weight excluding hydrogens is 235 g/mol. The summed E-state index contributed by atoms with van der Waals surface area (Å²) in [7, 11) is 0. The van der Waals surface area contributed by atoms with Crippen molar-refractivity contribution in [2.45, 2.75) is 5.04 Å². The van der Waals surface area contributed by atoms with Crippen LogP contribution in [0.25, 0.3) is 0 Å². The van der Waals surface area contributed by atoms with Gasteiger partial charge in [0.05, 0.1) is 0 Å². The second-order valence-electron chi connectivity index (χ2n) is 2.38. The van der Waals surface area contributed by atoms with Crippen molar-refractivity contribution in [3.8, 4) is 0 Å². The first-order valence-electron chi connectivity index (χ1n) is 4.41. The molecule has 0 aromatic carbocycles. The molecule has 0 radical (unpaired) electrons. The standard InChI is InChI=1S/C8H17O5.Co/c9-1-3-11-5-7-13-8-6-12-4-2-10;/h3,9-10H,1-2,4-8H2;. The third-order valence-corrected chi connectivity index (χ3v) is 1.63. The summed E-state index contributed by atoms with van der Waals surface area (Å²) in [6.45, 7) is 2.03. The quantitative estimate of drug-likeness (QED) is 0.483. The van der Waals surface area contributed by atoms with Crippen LogP contribution in [0.2, 0.25) is 0 Å². The fraction of sp³-hybridized carbons (Fsp3) is 1.00. The van der Waals surface area contributed by atoms with Crippen LogP contribution in [-0.2, 0) is 29.9 Å². The fourth-order valence-corrected chi connectivity index (χ4v) is 0.792. The normalized spacial score (nSPS) is 13.1. The molecule has 88 valence electrons. The van der Waals surface area contributed by atoms with Gasteiger partial charge in [0.25, 0.3) is 0 Å². The Morgan fingerprint density at radius 2 is 1.50 bits per heavy atom. The number of rotatable bonds is 10. The molecule has 0 aromatic heterocycles. The van der Waals surface area contributed by atoms with E-state index >= 15 is 0 Å². The van der Waals surface area contributed by atoms with Crippen LogP contribution in [0, 0.1) is 0 Å². The monoisotopic (exact) mass is 252 g/mol. The zero-order chi connectivity index (χ0) is 10.6. The molecule has 0 aliphatic rings. The number of hydrogen-bond donors (Lipinski definition) is 2. The third kappa shape index (κ3) is 10.4. The topological polar surface area (TPSA) is 68.2 Å². The van der Waals surface area contributed by atoms with Gasteiger partial charge in [-0.3, -0.25) is 0 Å². The number of aliphatic hydroxyl groups is 2. The van der Waals surface area contributed by atoms with Crippen LogP contribution in [0.1, 0.15) is 0 Å². The summed E-state index contributed by atoms with van der Waals surface area (Å²) in [4.78, 5) is 0. The fourth-order valence-electron chi connectivity index (χ4n) is 0.669. The molecule has 2 N–H and O–H groups in total. The Labute approximate surface area is 91.9 Å². The van der Waals surface area contributed by atoms with E-state index < -0.39 is 5.04 Å². The van der Waals surface area contributed by atoms with Crippen molar-refractivity contribution in [2.75, 3.05) is 46.2 Å². The Morgan fingerprint density at radius 1 is 0.929 bits per heavy atom. The van der Waals surface area contributed by atoms with Crippen LogP contribution < -0.4 is 0 Å². The maximum atomic E-state index is 8.55. The molecule has 0 aliphatic carbocycles. The third-order valence-electron chi connectivity index (χ3n) is 1.26. The SMILES string of the molecule is OCCOCCOCCO[CH]([Co])CO. The van der Waals surface area contributed by atoms with Gasteiger partial charge in [0.1, 0.15) is 0 Å². The summed E-state index contributed by atoms with van der Waals surface area (Å²) in [5.74, 6) is 0. The van der Waals surface area contributed by atoms with Crippen LogP contribution in [0.3, 0.4) is 0 Å². The van der Waals surface area contributed by atoms with E-state index in [0.717, 1.165) is 0 Å². The van der Waals surface area contributed by atoms with Gasteiger partial charge < -0.3 is 0 Å². The molecule has 0 spiro atoms. The predicted molar refractivity (Wildman–Crippen MR) is 45.5 cm³/mol. The van der Waals surface area contributed by atoms with Gasteiger partial charge in [0, 0.05) is 0 Å². The van der Waals surface area contributed by atoms with Crippen LogP contribution in [0.5, 0.6) is 0 Å². The zero-order valence-electron chi connectivity index (χ0n) is 7.98. The number of ether oxygens (including phenoxy) is 3. The van der Waals surface area contributed by atoms with E-state index in [-0.39, 0.29) is 13.2 Å². The molecule has 0 heterocycles. The Morgan fingerprint density at radius 3 is 2.07 bits per heavy atom. The predicted octanol–water partition coefficient (Wildman–Crippen LogP) is -1.11. The van der Waals surface area contributed by atoms with Crippen molar-refractivity contribution in [2.24, 2.45) is 0 Å². The van der Waals surface area contributed by atoms with Gasteiger partial charge in [-0.15, -0.1) is 0 Å². The van der Waals surface area contributed by atoms with Crippen molar-refractivity contribution in [1.82, 2.24) is 0 Å². The van der Waals surface area contributed by atoms with E-state index in [0.29, 0.717) is 33.0 Å². The molecule has 0 bridgehead atoms. The Bertz CT molecular complexity index is 114. The van der Waals surface area contributed by atoms with Crippen LogP contribution in [0.15, 0.2) is 0 Å². The second kappa shape index (κ2) is 11.4. The van der Waals surface area contributed by atoms with E-state index in [1.165, 1.54) is 0 Å². The first kappa shape index (κ1) is 14.3. The van der Waals surface area contributed by atoms with E-state index in [9.17, 15) is 0 Å². The van der Waals surface area contributed by atoms with Crippen molar-refractivity contribution in [1.29, 1.82) is 0 Å². The summed E-state index contributed by atoms with van der Waals surface area (Å²) in [6, 6.07) is 0. The average molecular weight is 252 g/mol. The minimum absolute atomic E-state index is 0.0285. The van der Waals surface area contributed by atoms with Gasteiger partial charge in [-0.2, -0.15) is 0 Å². The molecule has 5 nitrogen and oxygen atoms in total. The van der Waals surface area contributed by atoms with Gasteiger partial charge in [0.2, 0.25) is 0 Å². The van der Waals surface area contributed by atoms with Crippen molar-refractivity contribution >= 4 is 0 Å². The summed E-state index contributed by atoms with van der Waals surface area (Å²) in [5, 5.41) is 16.5. The Hall–Kier alpha value is 0.306. The summed E-state index contributed by atoms with van der Waals surface area (Å²) in [6.07, 6.45) is 0. The first-order chi connectivity index (χ1) is 6.81. The second-order valence-corrected chi connectivity index (χ2v) is 3.05. The van der Waals surface area contributed by atoms with Crippen LogP contribution in [-0.4, -0.2) is 61.5 Å². The Balaban J connectivity index is 2.92. The molecule has 0 rings (SSSR count). The first-order valence-corrected chi connectivity index (χ1v) is 5.01. The Kier molecular flexibility index (Phi) is 11.6. The molecule has 0 aliphatic heterocycles. The molecule has 1 atom stereocenters. The average Bonchev–Trinajstić information content (AvgIpc) is 2.21. The van der Waals surface area contributed by atoms with E-state index in [1.54, 1.807) is 0 Å². The molecule has 0 saturated heterocycles. The summed E-state index contributed by atoms with van der Waals surface area (Å²) in [5.41, 5.74) is 0. The molecule has 6 heteroatoms. The van der Waals surface area contributed by atoms with E-state index in [1.807, 2.05) is 0 Å². The molecule has 0 amide bonds. The molecular formula is C8H17CoO5. The zero-order valence-corrected chi connectivity index (χ0v) is 9.02. The van der Waals surface area contributed by atoms with E-state index in [4.69, 9.17) is 24.4 Å².